The first-order valence-corrected chi connectivity index (χ1v) is 7.56. The molecule has 0 saturated heterocycles. The topological polar surface area (TPSA) is 68.8 Å². The maximum Gasteiger partial charge on any atom is 0.492 e. The van der Waals surface area contributed by atoms with Crippen molar-refractivity contribution in [3.05, 3.63) is 54.1 Å². The summed E-state index contributed by atoms with van der Waals surface area (Å²) in [5.41, 5.74) is 0.679. The van der Waals surface area contributed by atoms with Crippen molar-refractivity contribution in [2.24, 2.45) is 0 Å². The van der Waals surface area contributed by atoms with Gasteiger partial charge in [-0.05, 0) is 29.8 Å². The maximum absolute atomic E-state index is 13.5. The minimum atomic E-state index is -5.00. The zero-order valence-corrected chi connectivity index (χ0v) is 13.6. The quantitative estimate of drug-likeness (QED) is 0.870. The van der Waals surface area contributed by atoms with Crippen LogP contribution in [0.2, 0.25) is 0 Å². The minimum absolute atomic E-state index is 0.0106. The first-order valence-electron chi connectivity index (χ1n) is 7.56. The number of ether oxygens (including phenoxy) is 3. The van der Waals surface area contributed by atoms with E-state index >= 15 is 0 Å². The number of benzene rings is 2. The van der Waals surface area contributed by atoms with Crippen LogP contribution in [0.25, 0.3) is 0 Å². The van der Waals surface area contributed by atoms with Gasteiger partial charge in [0.15, 0.2) is 11.5 Å². The van der Waals surface area contributed by atoms with Gasteiger partial charge in [0.05, 0.1) is 7.11 Å². The summed E-state index contributed by atoms with van der Waals surface area (Å²) in [7, 11) is 1.51. The number of methoxy groups -OCH3 is 1. The summed E-state index contributed by atoms with van der Waals surface area (Å²) in [6.45, 7) is 0.0106. The molecule has 0 atom stereocenters. The lowest BCUT2D eigenvalue weighted by atomic mass is 10.2. The molecule has 1 aliphatic heterocycles. The van der Waals surface area contributed by atoms with E-state index in [1.54, 1.807) is 29.6 Å². The predicted molar refractivity (Wildman–Crippen MR) is 84.8 cm³/mol. The summed E-state index contributed by atoms with van der Waals surface area (Å²) >= 11 is 0. The molecule has 3 rings (SSSR count). The van der Waals surface area contributed by atoms with Gasteiger partial charge in [0, 0.05) is 6.54 Å². The number of hydrogen-bond acceptors (Lipinski definition) is 4. The van der Waals surface area contributed by atoms with Crippen LogP contribution in [0.15, 0.2) is 48.5 Å². The van der Waals surface area contributed by atoms with Crippen LogP contribution in [0.4, 0.5) is 18.0 Å². The molecule has 0 radical (unpaired) electrons. The molecule has 1 aliphatic rings. The van der Waals surface area contributed by atoms with E-state index in [2.05, 4.69) is 5.32 Å². The van der Waals surface area contributed by atoms with Gasteiger partial charge >= 0.3 is 18.1 Å². The average molecular weight is 368 g/mol. The number of fused-ring (bicyclic) bond motifs is 1. The molecule has 26 heavy (non-hydrogen) atoms. The Morgan fingerprint density at radius 1 is 1.08 bits per heavy atom. The van der Waals surface area contributed by atoms with Gasteiger partial charge in [-0.3, -0.25) is 5.32 Å². The Morgan fingerprint density at radius 2 is 1.65 bits per heavy atom. The Balaban J connectivity index is 1.67. The number of amides is 2. The van der Waals surface area contributed by atoms with Crippen molar-refractivity contribution >= 4 is 6.03 Å². The van der Waals surface area contributed by atoms with Crippen LogP contribution in [0.5, 0.6) is 17.2 Å². The van der Waals surface area contributed by atoms with E-state index in [4.69, 9.17) is 14.2 Å². The molecule has 0 aromatic heterocycles. The van der Waals surface area contributed by atoms with Crippen LogP contribution < -0.4 is 24.8 Å². The summed E-state index contributed by atoms with van der Waals surface area (Å²) in [4.78, 5) is 12.0. The lowest BCUT2D eigenvalue weighted by Crippen LogP contribution is -2.66. The third kappa shape index (κ3) is 3.46. The van der Waals surface area contributed by atoms with Gasteiger partial charge in [-0.2, -0.15) is 13.2 Å². The van der Waals surface area contributed by atoms with Crippen LogP contribution in [-0.4, -0.2) is 25.2 Å². The standard InChI is InChI=1S/C17H15F3N2O4/c1-24-12-8-6-11(7-9-12)10-21-15(23)22-17(16(18,19)20)25-13-4-2-3-5-14(13)26-17/h2-9H,10H2,1H3,(H2,21,22,23). The fraction of sp³-hybridized carbons (Fsp3) is 0.235. The van der Waals surface area contributed by atoms with Gasteiger partial charge in [-0.15, -0.1) is 0 Å². The summed E-state index contributed by atoms with van der Waals surface area (Å²) in [5, 5.41) is 4.06. The second-order valence-electron chi connectivity index (χ2n) is 5.42. The Bertz CT molecular complexity index is 768. The molecule has 2 amide bonds. The number of hydrogen-bond donors (Lipinski definition) is 2. The van der Waals surface area contributed by atoms with Gasteiger partial charge in [0.2, 0.25) is 0 Å². The number of carbonyl (C=O) groups excluding carboxylic acids is 1. The highest BCUT2D eigenvalue weighted by Crippen LogP contribution is 2.44. The number of nitrogens with one attached hydrogen (secondary N) is 2. The molecule has 2 aromatic carbocycles. The lowest BCUT2D eigenvalue weighted by Gasteiger charge is -2.29. The largest absolute Gasteiger partial charge is 0.497 e. The molecule has 1 heterocycles. The highest BCUT2D eigenvalue weighted by atomic mass is 19.4. The molecule has 9 heteroatoms. The second-order valence-corrected chi connectivity index (χ2v) is 5.42. The number of alkyl halides is 3. The maximum atomic E-state index is 13.5. The SMILES string of the molecule is COc1ccc(CNC(=O)NC2(C(F)(F)F)Oc3ccccc3O2)cc1. The monoisotopic (exact) mass is 368 g/mol. The lowest BCUT2D eigenvalue weighted by molar-refractivity contribution is -0.317. The van der Waals surface area contributed by atoms with E-state index in [0.29, 0.717) is 11.3 Å². The number of carbonyl (C=O) groups is 1. The van der Waals surface area contributed by atoms with Gasteiger partial charge in [0.25, 0.3) is 0 Å². The molecule has 6 nitrogen and oxygen atoms in total. The first kappa shape index (κ1) is 17.7. The predicted octanol–water partition coefficient (Wildman–Crippen LogP) is 3.18. The van der Waals surface area contributed by atoms with Crippen LogP contribution in [0.1, 0.15) is 5.56 Å². The number of halogens is 3. The van der Waals surface area contributed by atoms with Crippen molar-refractivity contribution in [1.29, 1.82) is 0 Å². The molecule has 0 spiro atoms. The number of urea groups is 1. The third-order valence-electron chi connectivity index (χ3n) is 3.62. The molecule has 0 aliphatic carbocycles. The van der Waals surface area contributed by atoms with Crippen LogP contribution >= 0.6 is 0 Å². The van der Waals surface area contributed by atoms with Crippen molar-refractivity contribution in [3.63, 3.8) is 0 Å². The van der Waals surface area contributed by atoms with E-state index in [0.717, 1.165) is 0 Å². The fourth-order valence-corrected chi connectivity index (χ4v) is 2.31. The molecule has 2 aromatic rings. The third-order valence-corrected chi connectivity index (χ3v) is 3.62. The van der Waals surface area contributed by atoms with Crippen LogP contribution in [-0.2, 0) is 6.54 Å². The molecule has 0 unspecified atom stereocenters. The zero-order chi connectivity index (χ0) is 18.8. The summed E-state index contributed by atoms with van der Waals surface area (Å²) in [6, 6.07) is 11.2. The minimum Gasteiger partial charge on any atom is -0.497 e. The van der Waals surface area contributed by atoms with Gasteiger partial charge < -0.3 is 19.5 Å². The number of para-hydroxylation sites is 2. The van der Waals surface area contributed by atoms with Gasteiger partial charge in [-0.1, -0.05) is 24.3 Å². The second kappa shape index (κ2) is 6.66. The average Bonchev–Trinajstić information content (AvgIpc) is 2.99. The normalized spacial score (nSPS) is 14.6. The Labute approximate surface area is 146 Å². The molecular weight excluding hydrogens is 353 g/mol. The highest BCUT2D eigenvalue weighted by Gasteiger charge is 2.65. The number of rotatable bonds is 4. The van der Waals surface area contributed by atoms with Gasteiger partial charge in [-0.25, -0.2) is 4.79 Å². The molecule has 0 bridgehead atoms. The van der Waals surface area contributed by atoms with Crippen molar-refractivity contribution in [3.8, 4) is 17.2 Å². The van der Waals surface area contributed by atoms with Crippen LogP contribution in [0.3, 0.4) is 0 Å². The fourth-order valence-electron chi connectivity index (χ4n) is 2.31. The van der Waals surface area contributed by atoms with Crippen molar-refractivity contribution < 1.29 is 32.2 Å². The molecular formula is C17H15F3N2O4. The smallest absolute Gasteiger partial charge is 0.492 e. The van der Waals surface area contributed by atoms with Crippen molar-refractivity contribution in [1.82, 2.24) is 10.6 Å². The van der Waals surface area contributed by atoms with Gasteiger partial charge in [0.1, 0.15) is 5.75 Å². The Morgan fingerprint density at radius 3 is 2.15 bits per heavy atom. The molecule has 0 saturated carbocycles. The summed E-state index contributed by atoms with van der Waals surface area (Å²) in [5.74, 6) is -2.87. The van der Waals surface area contributed by atoms with Crippen LogP contribution in [0, 0.1) is 0 Å². The highest BCUT2D eigenvalue weighted by molar-refractivity contribution is 5.74. The first-order chi connectivity index (χ1) is 12.3. The zero-order valence-electron chi connectivity index (χ0n) is 13.6. The molecule has 0 fully saturated rings. The summed E-state index contributed by atoms with van der Waals surface area (Å²) in [6.07, 6.45) is -5.00. The van der Waals surface area contributed by atoms with Crippen molar-refractivity contribution in [2.75, 3.05) is 7.11 Å². The van der Waals surface area contributed by atoms with E-state index in [1.807, 2.05) is 0 Å². The van der Waals surface area contributed by atoms with E-state index < -0.39 is 18.1 Å². The molecule has 2 N–H and O–H groups in total. The Hall–Kier alpha value is -3.10. The van der Waals surface area contributed by atoms with E-state index in [1.165, 1.54) is 31.4 Å². The summed E-state index contributed by atoms with van der Waals surface area (Å²) < 4.78 is 55.2. The van der Waals surface area contributed by atoms with E-state index in [9.17, 15) is 18.0 Å². The Kier molecular flexibility index (Phi) is 4.54. The molecule has 138 valence electrons. The van der Waals surface area contributed by atoms with Crippen molar-refractivity contribution in [2.45, 2.75) is 18.6 Å². The van der Waals surface area contributed by atoms with E-state index in [-0.39, 0.29) is 18.0 Å².